The summed E-state index contributed by atoms with van der Waals surface area (Å²) in [5, 5.41) is 3.03. The number of rotatable bonds is 4. The molecule has 1 saturated heterocycles. The van der Waals surface area contributed by atoms with Gasteiger partial charge in [0, 0.05) is 17.5 Å². The summed E-state index contributed by atoms with van der Waals surface area (Å²) in [6, 6.07) is 5.44. The summed E-state index contributed by atoms with van der Waals surface area (Å²) in [6.07, 6.45) is 2.45. The topological polar surface area (TPSA) is 49.4 Å². The van der Waals surface area contributed by atoms with Crippen molar-refractivity contribution in [3.63, 3.8) is 0 Å². The number of benzene rings is 1. The van der Waals surface area contributed by atoms with Crippen molar-refractivity contribution in [3.05, 3.63) is 41.0 Å². The minimum Gasteiger partial charge on any atom is -0.324 e. The fourth-order valence-electron chi connectivity index (χ4n) is 2.74. The zero-order valence-electron chi connectivity index (χ0n) is 15.1. The van der Waals surface area contributed by atoms with Crippen molar-refractivity contribution in [1.82, 2.24) is 4.90 Å². The molecule has 1 aromatic rings. The Labute approximate surface area is 148 Å². The van der Waals surface area contributed by atoms with E-state index in [4.69, 9.17) is 0 Å². The lowest BCUT2D eigenvalue weighted by atomic mass is 10.1. The number of hydrogen-bond acceptors (Lipinski definition) is 3. The molecule has 2 unspecified atom stereocenters. The van der Waals surface area contributed by atoms with Crippen LogP contribution in [0.1, 0.15) is 38.3 Å². The molecule has 2 atom stereocenters. The van der Waals surface area contributed by atoms with E-state index < -0.39 is 6.04 Å². The molecule has 1 fully saturated rings. The molecule has 0 aliphatic carbocycles. The molecule has 130 valence electrons. The number of carbonyl (C=O) groups is 2. The average molecular weight is 346 g/mol. The third-order valence-corrected chi connectivity index (χ3v) is 5.64. The fraction of sp³-hybridized carbons (Fsp3) is 0.474. The number of thioether (sulfide) groups is 1. The van der Waals surface area contributed by atoms with Crippen molar-refractivity contribution in [2.75, 3.05) is 11.1 Å². The quantitative estimate of drug-likeness (QED) is 0.842. The fourth-order valence-corrected chi connectivity index (χ4v) is 4.11. The highest BCUT2D eigenvalue weighted by Crippen LogP contribution is 2.32. The molecular weight excluding hydrogens is 320 g/mol. The van der Waals surface area contributed by atoms with Crippen LogP contribution in [0.2, 0.25) is 0 Å². The van der Waals surface area contributed by atoms with E-state index in [1.807, 2.05) is 52.8 Å². The number of nitrogens with one attached hydrogen (secondary N) is 1. The lowest BCUT2D eigenvalue weighted by Gasteiger charge is -2.27. The lowest BCUT2D eigenvalue weighted by Crippen LogP contribution is -2.47. The summed E-state index contributed by atoms with van der Waals surface area (Å²) < 4.78 is 0. The smallest absolute Gasteiger partial charge is 0.248 e. The predicted octanol–water partition coefficient (Wildman–Crippen LogP) is 3.89. The van der Waals surface area contributed by atoms with Gasteiger partial charge in [-0.25, -0.2) is 0 Å². The van der Waals surface area contributed by atoms with Crippen molar-refractivity contribution in [3.8, 4) is 0 Å². The molecule has 2 amide bonds. The molecule has 0 aromatic heterocycles. The van der Waals surface area contributed by atoms with Gasteiger partial charge in [-0.05, 0) is 57.4 Å². The molecule has 1 aromatic carbocycles. The van der Waals surface area contributed by atoms with Gasteiger partial charge in [-0.15, -0.1) is 11.8 Å². The van der Waals surface area contributed by atoms with Gasteiger partial charge in [0.15, 0.2) is 0 Å². The molecule has 1 N–H and O–H groups in total. The van der Waals surface area contributed by atoms with Crippen molar-refractivity contribution in [2.45, 2.75) is 52.5 Å². The second-order valence-electron chi connectivity index (χ2n) is 6.47. The first-order chi connectivity index (χ1) is 11.3. The molecule has 0 spiro atoms. The van der Waals surface area contributed by atoms with Crippen LogP contribution >= 0.6 is 11.8 Å². The number of allylic oxidation sites excluding steroid dienone is 1. The average Bonchev–Trinajstić information content (AvgIpc) is 2.94. The van der Waals surface area contributed by atoms with Gasteiger partial charge < -0.3 is 10.2 Å². The van der Waals surface area contributed by atoms with Crippen molar-refractivity contribution < 1.29 is 9.59 Å². The highest BCUT2D eigenvalue weighted by Gasteiger charge is 2.39. The monoisotopic (exact) mass is 346 g/mol. The summed E-state index contributed by atoms with van der Waals surface area (Å²) in [7, 11) is 0. The number of nitrogens with zero attached hydrogens (tertiary/aromatic N) is 1. The Hall–Kier alpha value is -1.75. The largest absolute Gasteiger partial charge is 0.324 e. The summed E-state index contributed by atoms with van der Waals surface area (Å²) in [6.45, 7) is 9.90. The van der Waals surface area contributed by atoms with Crippen molar-refractivity contribution in [2.24, 2.45) is 0 Å². The van der Waals surface area contributed by atoms with Crippen LogP contribution in [0.15, 0.2) is 29.8 Å². The summed E-state index contributed by atoms with van der Waals surface area (Å²) in [5.41, 5.74) is 4.05. The number of hydrogen-bond donors (Lipinski definition) is 1. The highest BCUT2D eigenvalue weighted by atomic mass is 32.2. The summed E-state index contributed by atoms with van der Waals surface area (Å²) in [4.78, 5) is 27.0. The minimum atomic E-state index is -0.426. The van der Waals surface area contributed by atoms with Crippen LogP contribution in [0.25, 0.3) is 0 Å². The van der Waals surface area contributed by atoms with Gasteiger partial charge in [0.25, 0.3) is 0 Å². The predicted molar refractivity (Wildman–Crippen MR) is 101 cm³/mol. The number of carbonyl (C=O) groups excluding carboxylic acids is 2. The van der Waals surface area contributed by atoms with Gasteiger partial charge in [0.1, 0.15) is 6.04 Å². The van der Waals surface area contributed by atoms with E-state index in [1.54, 1.807) is 22.7 Å². The first-order valence-corrected chi connectivity index (χ1v) is 9.35. The van der Waals surface area contributed by atoms with Crippen molar-refractivity contribution >= 4 is 29.3 Å². The van der Waals surface area contributed by atoms with Crippen LogP contribution < -0.4 is 5.32 Å². The Balaban J connectivity index is 2.18. The minimum absolute atomic E-state index is 0.0589. The van der Waals surface area contributed by atoms with Crippen LogP contribution in [-0.2, 0) is 9.59 Å². The van der Waals surface area contributed by atoms with Gasteiger partial charge in [0.2, 0.25) is 11.8 Å². The van der Waals surface area contributed by atoms with E-state index in [9.17, 15) is 9.59 Å². The Morgan fingerprint density at radius 2 is 2.00 bits per heavy atom. The molecule has 24 heavy (non-hydrogen) atoms. The first-order valence-electron chi connectivity index (χ1n) is 8.30. The zero-order valence-corrected chi connectivity index (χ0v) is 15.9. The number of anilines is 1. The van der Waals surface area contributed by atoms with Crippen LogP contribution in [0.4, 0.5) is 5.69 Å². The molecule has 0 bridgehead atoms. The van der Waals surface area contributed by atoms with Gasteiger partial charge in [-0.3, -0.25) is 9.59 Å². The third kappa shape index (κ3) is 4.20. The maximum Gasteiger partial charge on any atom is 0.248 e. The Kier molecular flexibility index (Phi) is 6.10. The highest BCUT2D eigenvalue weighted by molar-refractivity contribution is 8.00. The van der Waals surface area contributed by atoms with Gasteiger partial charge >= 0.3 is 0 Å². The molecular formula is C19H26N2O2S. The molecule has 1 aliphatic rings. The molecule has 4 nitrogen and oxygen atoms in total. The maximum atomic E-state index is 12.7. The summed E-state index contributed by atoms with van der Waals surface area (Å²) >= 11 is 1.67. The summed E-state index contributed by atoms with van der Waals surface area (Å²) in [5.74, 6) is 0.446. The molecule has 1 aliphatic heterocycles. The van der Waals surface area contributed by atoms with Gasteiger partial charge in [0.05, 0.1) is 5.37 Å². The molecule has 1 heterocycles. The lowest BCUT2D eigenvalue weighted by molar-refractivity contribution is -0.134. The molecule has 0 radical (unpaired) electrons. The van der Waals surface area contributed by atoms with Crippen LogP contribution in [0.5, 0.6) is 0 Å². The Morgan fingerprint density at radius 1 is 1.29 bits per heavy atom. The zero-order chi connectivity index (χ0) is 17.9. The second kappa shape index (κ2) is 7.88. The van der Waals surface area contributed by atoms with Crippen LogP contribution in [0.3, 0.4) is 0 Å². The Bertz CT molecular complexity index is 665. The standard InChI is InChI=1S/C19H26N2O2S/c1-6-18-21(17(22)9-12(2)3)16(11-24-18)19(23)20-15-8-7-13(4)14(5)10-15/h7-10,16,18H,6,11H2,1-5H3,(H,20,23). The van der Waals surface area contributed by atoms with E-state index in [-0.39, 0.29) is 17.2 Å². The number of amides is 2. The molecule has 0 saturated carbocycles. The van der Waals surface area contributed by atoms with Gasteiger partial charge in [-0.1, -0.05) is 18.6 Å². The normalized spacial score (nSPS) is 20.0. The van der Waals surface area contributed by atoms with E-state index in [2.05, 4.69) is 5.32 Å². The van der Waals surface area contributed by atoms with Crippen molar-refractivity contribution in [1.29, 1.82) is 0 Å². The third-order valence-electron chi connectivity index (χ3n) is 4.19. The van der Waals surface area contributed by atoms with Crippen LogP contribution in [-0.4, -0.2) is 33.9 Å². The van der Waals surface area contributed by atoms with E-state index in [0.29, 0.717) is 5.75 Å². The molecule has 2 rings (SSSR count). The van der Waals surface area contributed by atoms with E-state index >= 15 is 0 Å². The van der Waals surface area contributed by atoms with E-state index in [1.165, 1.54) is 5.56 Å². The second-order valence-corrected chi connectivity index (χ2v) is 7.68. The van der Waals surface area contributed by atoms with Gasteiger partial charge in [-0.2, -0.15) is 0 Å². The number of aryl methyl sites for hydroxylation is 2. The molecule has 5 heteroatoms. The van der Waals surface area contributed by atoms with Crippen LogP contribution in [0, 0.1) is 13.8 Å². The Morgan fingerprint density at radius 3 is 2.58 bits per heavy atom. The van der Waals surface area contributed by atoms with E-state index in [0.717, 1.165) is 23.2 Å². The first kappa shape index (κ1) is 18.6. The SMILES string of the molecule is CCC1SCC(C(=O)Nc2ccc(C)c(C)c2)N1C(=O)C=C(C)C. The maximum absolute atomic E-state index is 12.7.